The fourth-order valence-corrected chi connectivity index (χ4v) is 2.76. The number of carboxylic acid groups (broad SMARTS) is 1. The molecule has 0 saturated carbocycles. The molecule has 2 unspecified atom stereocenters. The SMILES string of the molecule is NC(=O)CCC(N)C(=O)NC(CSCc1ccccc1)C(=O)O. The van der Waals surface area contributed by atoms with Gasteiger partial charge < -0.3 is 21.9 Å². The number of benzene rings is 1. The molecule has 0 aliphatic carbocycles. The Morgan fingerprint density at radius 3 is 2.43 bits per heavy atom. The molecule has 2 atom stereocenters. The quantitative estimate of drug-likeness (QED) is 0.477. The molecule has 0 saturated heterocycles. The molecule has 1 aromatic rings. The summed E-state index contributed by atoms with van der Waals surface area (Å²) in [5.41, 5.74) is 11.7. The van der Waals surface area contributed by atoms with E-state index in [-0.39, 0.29) is 18.6 Å². The maximum absolute atomic E-state index is 11.8. The lowest BCUT2D eigenvalue weighted by Gasteiger charge is -2.17. The lowest BCUT2D eigenvalue weighted by Crippen LogP contribution is -2.49. The molecule has 0 fully saturated rings. The molecule has 1 rings (SSSR count). The zero-order valence-corrected chi connectivity index (χ0v) is 13.4. The minimum Gasteiger partial charge on any atom is -0.480 e. The molecule has 1 aromatic carbocycles. The fourth-order valence-electron chi connectivity index (χ4n) is 1.75. The number of rotatable bonds is 10. The third-order valence-electron chi connectivity index (χ3n) is 3.05. The molecule has 126 valence electrons. The molecule has 2 amide bonds. The number of thioether (sulfide) groups is 1. The summed E-state index contributed by atoms with van der Waals surface area (Å²) in [6, 6.07) is 7.62. The third kappa shape index (κ3) is 7.66. The van der Waals surface area contributed by atoms with E-state index in [1.54, 1.807) is 0 Å². The summed E-state index contributed by atoms with van der Waals surface area (Å²) < 4.78 is 0. The Morgan fingerprint density at radius 1 is 1.22 bits per heavy atom. The Morgan fingerprint density at radius 2 is 1.87 bits per heavy atom. The lowest BCUT2D eigenvalue weighted by molar-refractivity contribution is -0.141. The number of carbonyl (C=O) groups is 3. The van der Waals surface area contributed by atoms with Crippen LogP contribution in [0.5, 0.6) is 0 Å². The number of hydrogen-bond acceptors (Lipinski definition) is 5. The Bertz CT molecular complexity index is 539. The van der Waals surface area contributed by atoms with Gasteiger partial charge in [0.25, 0.3) is 0 Å². The number of primary amides is 1. The van der Waals surface area contributed by atoms with Crippen LogP contribution < -0.4 is 16.8 Å². The van der Waals surface area contributed by atoms with E-state index >= 15 is 0 Å². The van der Waals surface area contributed by atoms with Crippen molar-refractivity contribution in [1.82, 2.24) is 5.32 Å². The minimum absolute atomic E-state index is 0.0188. The van der Waals surface area contributed by atoms with Gasteiger partial charge in [0.15, 0.2) is 0 Å². The van der Waals surface area contributed by atoms with Crippen molar-refractivity contribution >= 4 is 29.5 Å². The van der Waals surface area contributed by atoms with Gasteiger partial charge in [0, 0.05) is 17.9 Å². The van der Waals surface area contributed by atoms with Gasteiger partial charge >= 0.3 is 5.97 Å². The largest absolute Gasteiger partial charge is 0.480 e. The van der Waals surface area contributed by atoms with Gasteiger partial charge in [0.2, 0.25) is 11.8 Å². The van der Waals surface area contributed by atoms with Crippen molar-refractivity contribution in [2.24, 2.45) is 11.5 Å². The minimum atomic E-state index is -1.12. The molecule has 0 aromatic heterocycles. The van der Waals surface area contributed by atoms with Crippen LogP contribution in [-0.4, -0.2) is 40.7 Å². The lowest BCUT2D eigenvalue weighted by atomic mass is 10.1. The highest BCUT2D eigenvalue weighted by molar-refractivity contribution is 7.98. The first-order valence-corrected chi connectivity index (χ1v) is 8.24. The van der Waals surface area contributed by atoms with E-state index in [1.165, 1.54) is 11.8 Å². The second-order valence-corrected chi connectivity index (χ2v) is 6.04. The maximum atomic E-state index is 11.8. The van der Waals surface area contributed by atoms with Crippen molar-refractivity contribution in [3.05, 3.63) is 35.9 Å². The number of aliphatic carboxylic acids is 1. The number of hydrogen-bond donors (Lipinski definition) is 4. The summed E-state index contributed by atoms with van der Waals surface area (Å²) in [7, 11) is 0. The van der Waals surface area contributed by atoms with Crippen LogP contribution in [0.2, 0.25) is 0 Å². The molecule has 8 heteroatoms. The van der Waals surface area contributed by atoms with Gasteiger partial charge in [-0.3, -0.25) is 9.59 Å². The van der Waals surface area contributed by atoms with Crippen molar-refractivity contribution in [3.63, 3.8) is 0 Å². The van der Waals surface area contributed by atoms with Gasteiger partial charge in [0.05, 0.1) is 6.04 Å². The van der Waals surface area contributed by atoms with Gasteiger partial charge in [-0.1, -0.05) is 30.3 Å². The van der Waals surface area contributed by atoms with E-state index < -0.39 is 29.9 Å². The monoisotopic (exact) mass is 339 g/mol. The van der Waals surface area contributed by atoms with Crippen molar-refractivity contribution in [1.29, 1.82) is 0 Å². The van der Waals surface area contributed by atoms with Crippen LogP contribution in [0.15, 0.2) is 30.3 Å². The summed E-state index contributed by atoms with van der Waals surface area (Å²) in [6.07, 6.45) is 0.0692. The van der Waals surface area contributed by atoms with Gasteiger partial charge in [-0.25, -0.2) is 4.79 Å². The van der Waals surface area contributed by atoms with Crippen LogP contribution in [-0.2, 0) is 20.1 Å². The predicted molar refractivity (Wildman–Crippen MR) is 88.6 cm³/mol. The van der Waals surface area contributed by atoms with Gasteiger partial charge in [-0.2, -0.15) is 11.8 Å². The van der Waals surface area contributed by atoms with Crippen LogP contribution >= 0.6 is 11.8 Å². The second-order valence-electron chi connectivity index (χ2n) is 5.01. The molecular weight excluding hydrogens is 318 g/mol. The Kier molecular flexibility index (Phi) is 8.14. The normalized spacial score (nSPS) is 13.1. The number of nitrogens with two attached hydrogens (primary N) is 2. The summed E-state index contributed by atoms with van der Waals surface area (Å²) in [5.74, 6) is -1.41. The van der Waals surface area contributed by atoms with Crippen molar-refractivity contribution in [2.45, 2.75) is 30.7 Å². The van der Waals surface area contributed by atoms with E-state index in [0.29, 0.717) is 5.75 Å². The smallest absolute Gasteiger partial charge is 0.327 e. The fraction of sp³-hybridized carbons (Fsp3) is 0.400. The van der Waals surface area contributed by atoms with Gasteiger partial charge in [0.1, 0.15) is 6.04 Å². The Hall–Kier alpha value is -2.06. The summed E-state index contributed by atoms with van der Waals surface area (Å²) in [5, 5.41) is 11.6. The topological polar surface area (TPSA) is 136 Å². The molecule has 0 radical (unpaired) electrons. The zero-order chi connectivity index (χ0) is 17.2. The van der Waals surface area contributed by atoms with E-state index in [9.17, 15) is 19.5 Å². The van der Waals surface area contributed by atoms with E-state index in [1.807, 2.05) is 30.3 Å². The molecule has 23 heavy (non-hydrogen) atoms. The number of carboxylic acids is 1. The second kappa shape index (κ2) is 9.86. The molecule has 0 bridgehead atoms. The molecule has 6 N–H and O–H groups in total. The van der Waals surface area contributed by atoms with Crippen LogP contribution in [0.25, 0.3) is 0 Å². The first-order chi connectivity index (χ1) is 10.9. The number of amides is 2. The third-order valence-corrected chi connectivity index (χ3v) is 4.16. The van der Waals surface area contributed by atoms with Crippen LogP contribution in [0.1, 0.15) is 18.4 Å². The molecule has 0 aliphatic heterocycles. The van der Waals surface area contributed by atoms with Crippen molar-refractivity contribution in [3.8, 4) is 0 Å². The summed E-state index contributed by atoms with van der Waals surface area (Å²) >= 11 is 1.40. The molecule has 7 nitrogen and oxygen atoms in total. The zero-order valence-electron chi connectivity index (χ0n) is 12.6. The van der Waals surface area contributed by atoms with Crippen LogP contribution in [0, 0.1) is 0 Å². The Labute approximate surface area is 138 Å². The highest BCUT2D eigenvalue weighted by Crippen LogP contribution is 2.13. The van der Waals surface area contributed by atoms with Crippen LogP contribution in [0.4, 0.5) is 0 Å². The van der Waals surface area contributed by atoms with Crippen molar-refractivity contribution < 1.29 is 19.5 Å². The van der Waals surface area contributed by atoms with Crippen LogP contribution in [0.3, 0.4) is 0 Å². The number of nitrogens with one attached hydrogen (secondary N) is 1. The van der Waals surface area contributed by atoms with Gasteiger partial charge in [-0.05, 0) is 12.0 Å². The van der Waals surface area contributed by atoms with Crippen molar-refractivity contribution in [2.75, 3.05) is 5.75 Å². The molecule has 0 aliphatic rings. The summed E-state index contributed by atoms with van der Waals surface area (Å²) in [6.45, 7) is 0. The summed E-state index contributed by atoms with van der Waals surface area (Å²) in [4.78, 5) is 33.7. The Balaban J connectivity index is 2.43. The molecule has 0 heterocycles. The molecule has 0 spiro atoms. The first kappa shape index (κ1) is 19.0. The molecular formula is C15H21N3O4S. The van der Waals surface area contributed by atoms with E-state index in [4.69, 9.17) is 11.5 Å². The van der Waals surface area contributed by atoms with E-state index in [0.717, 1.165) is 5.56 Å². The number of carbonyl (C=O) groups excluding carboxylic acids is 2. The van der Waals surface area contributed by atoms with E-state index in [2.05, 4.69) is 5.32 Å². The highest BCUT2D eigenvalue weighted by atomic mass is 32.2. The standard InChI is InChI=1S/C15H21N3O4S/c16-11(6-7-13(17)19)14(20)18-12(15(21)22)9-23-8-10-4-2-1-3-5-10/h1-5,11-12H,6-9,16H2,(H2,17,19)(H,18,20)(H,21,22). The average Bonchev–Trinajstić information content (AvgIpc) is 2.52. The predicted octanol–water partition coefficient (Wildman–Crippen LogP) is 0.0820. The first-order valence-electron chi connectivity index (χ1n) is 7.09. The van der Waals surface area contributed by atoms with Gasteiger partial charge in [-0.15, -0.1) is 0 Å². The maximum Gasteiger partial charge on any atom is 0.327 e. The highest BCUT2D eigenvalue weighted by Gasteiger charge is 2.23. The average molecular weight is 339 g/mol.